The van der Waals surface area contributed by atoms with Crippen LogP contribution in [0.5, 0.6) is 0 Å². The van der Waals surface area contributed by atoms with Crippen LogP contribution in [-0.2, 0) is 4.79 Å². The van der Waals surface area contributed by atoms with Gasteiger partial charge in [-0.15, -0.1) is 0 Å². The summed E-state index contributed by atoms with van der Waals surface area (Å²) >= 11 is 6.67. The van der Waals surface area contributed by atoms with Crippen LogP contribution in [0.4, 0.5) is 5.69 Å². The summed E-state index contributed by atoms with van der Waals surface area (Å²) in [4.78, 5) is 20.0. The third kappa shape index (κ3) is 4.25. The number of anilines is 1. The van der Waals surface area contributed by atoms with Crippen molar-refractivity contribution < 1.29 is 4.79 Å². The Bertz CT molecular complexity index is 1370. The second kappa shape index (κ2) is 9.45. The molecule has 3 heterocycles. The summed E-state index contributed by atoms with van der Waals surface area (Å²) in [5.41, 5.74) is 7.76. The molecule has 5 nitrogen and oxygen atoms in total. The summed E-state index contributed by atoms with van der Waals surface area (Å²) in [6.07, 6.45) is 5.31. The standard InChI is InChI=1S/C28H27ClN4O/c1-3-24(34)32-23-16-21(5-4-17(23)2)25-26-22(29)12-15-31-28(26)33-27(25)20-8-6-18(7-9-20)19-10-13-30-14-11-19/h3-9,12,15-16,19,30H,1,10-11,13-14H2,2H3,(H,31,33)(H,32,34). The molecule has 2 aromatic carbocycles. The van der Waals surface area contributed by atoms with Crippen LogP contribution in [-0.4, -0.2) is 29.0 Å². The Morgan fingerprint density at radius 2 is 1.85 bits per heavy atom. The van der Waals surface area contributed by atoms with Crippen molar-refractivity contribution in [2.75, 3.05) is 18.4 Å². The Morgan fingerprint density at radius 3 is 2.59 bits per heavy atom. The molecule has 2 aromatic heterocycles. The molecular weight excluding hydrogens is 444 g/mol. The van der Waals surface area contributed by atoms with E-state index in [2.05, 4.69) is 57.5 Å². The Kier molecular flexibility index (Phi) is 6.22. The highest BCUT2D eigenvalue weighted by molar-refractivity contribution is 6.36. The lowest BCUT2D eigenvalue weighted by Gasteiger charge is -2.23. The van der Waals surface area contributed by atoms with Crippen LogP contribution in [0.2, 0.25) is 5.02 Å². The fourth-order valence-electron chi connectivity index (χ4n) is 4.76. The Balaban J connectivity index is 1.63. The number of benzene rings is 2. The minimum atomic E-state index is -0.243. The van der Waals surface area contributed by atoms with Gasteiger partial charge in [-0.2, -0.15) is 0 Å². The third-order valence-corrected chi connectivity index (χ3v) is 6.94. The van der Waals surface area contributed by atoms with Crippen LogP contribution < -0.4 is 10.6 Å². The lowest BCUT2D eigenvalue weighted by atomic mass is 9.89. The Labute approximate surface area is 204 Å². The highest BCUT2D eigenvalue weighted by Crippen LogP contribution is 2.42. The molecule has 1 amide bonds. The number of pyridine rings is 1. The van der Waals surface area contributed by atoms with E-state index in [0.29, 0.717) is 10.9 Å². The number of carbonyl (C=O) groups excluding carboxylic acids is 1. The van der Waals surface area contributed by atoms with Gasteiger partial charge in [0.15, 0.2) is 0 Å². The van der Waals surface area contributed by atoms with Gasteiger partial charge in [-0.3, -0.25) is 4.79 Å². The van der Waals surface area contributed by atoms with E-state index in [1.807, 2.05) is 19.1 Å². The predicted molar refractivity (Wildman–Crippen MR) is 140 cm³/mol. The van der Waals surface area contributed by atoms with Crippen molar-refractivity contribution >= 4 is 34.2 Å². The largest absolute Gasteiger partial charge is 0.339 e. The van der Waals surface area contributed by atoms with Gasteiger partial charge in [0.05, 0.1) is 10.7 Å². The smallest absolute Gasteiger partial charge is 0.247 e. The van der Waals surface area contributed by atoms with Crippen LogP contribution in [0.3, 0.4) is 0 Å². The first kappa shape index (κ1) is 22.4. The van der Waals surface area contributed by atoms with Crippen molar-refractivity contribution in [3.63, 3.8) is 0 Å². The maximum absolute atomic E-state index is 12.0. The monoisotopic (exact) mass is 470 g/mol. The minimum absolute atomic E-state index is 0.243. The average molecular weight is 471 g/mol. The zero-order chi connectivity index (χ0) is 23.7. The molecule has 3 N–H and O–H groups in total. The third-order valence-electron chi connectivity index (χ3n) is 6.62. The molecule has 1 aliphatic rings. The highest BCUT2D eigenvalue weighted by Gasteiger charge is 2.20. The summed E-state index contributed by atoms with van der Waals surface area (Å²) < 4.78 is 0. The summed E-state index contributed by atoms with van der Waals surface area (Å²) in [6.45, 7) is 7.67. The molecule has 1 fully saturated rings. The van der Waals surface area contributed by atoms with E-state index in [1.165, 1.54) is 24.5 Å². The highest BCUT2D eigenvalue weighted by atomic mass is 35.5. The lowest BCUT2D eigenvalue weighted by molar-refractivity contribution is -0.111. The van der Waals surface area contributed by atoms with Gasteiger partial charge in [-0.05, 0) is 79.2 Å². The molecule has 34 heavy (non-hydrogen) atoms. The molecule has 5 rings (SSSR count). The van der Waals surface area contributed by atoms with E-state index in [0.717, 1.165) is 57.8 Å². The minimum Gasteiger partial charge on any atom is -0.339 e. The maximum atomic E-state index is 12.0. The maximum Gasteiger partial charge on any atom is 0.247 e. The van der Waals surface area contributed by atoms with Crippen molar-refractivity contribution in [2.45, 2.75) is 25.7 Å². The number of nitrogens with zero attached hydrogens (tertiary/aromatic N) is 1. The first-order valence-electron chi connectivity index (χ1n) is 11.6. The number of aryl methyl sites for hydroxylation is 1. The quantitative estimate of drug-likeness (QED) is 0.293. The molecule has 6 heteroatoms. The van der Waals surface area contributed by atoms with E-state index in [4.69, 9.17) is 11.6 Å². The van der Waals surface area contributed by atoms with E-state index >= 15 is 0 Å². The lowest BCUT2D eigenvalue weighted by Crippen LogP contribution is -2.26. The second-order valence-corrected chi connectivity index (χ2v) is 9.17. The van der Waals surface area contributed by atoms with Crippen molar-refractivity contribution in [1.29, 1.82) is 0 Å². The van der Waals surface area contributed by atoms with Gasteiger partial charge in [0, 0.05) is 22.8 Å². The number of fused-ring (bicyclic) bond motifs is 1. The van der Waals surface area contributed by atoms with Gasteiger partial charge in [0.1, 0.15) is 5.65 Å². The zero-order valence-corrected chi connectivity index (χ0v) is 19.9. The molecule has 1 aliphatic heterocycles. The van der Waals surface area contributed by atoms with Crippen LogP contribution >= 0.6 is 11.6 Å². The van der Waals surface area contributed by atoms with E-state index in [1.54, 1.807) is 12.3 Å². The molecule has 0 spiro atoms. The fourth-order valence-corrected chi connectivity index (χ4v) is 5.00. The SMILES string of the molecule is C=CC(=O)Nc1cc(-c2c(-c3ccc(C4CCNCC4)cc3)[nH]c3nccc(Cl)c23)ccc1C. The fraction of sp³-hybridized carbons (Fsp3) is 0.214. The molecular formula is C28H27ClN4O. The molecule has 4 aromatic rings. The summed E-state index contributed by atoms with van der Waals surface area (Å²) in [5.74, 6) is 0.356. The summed E-state index contributed by atoms with van der Waals surface area (Å²) in [7, 11) is 0. The van der Waals surface area contributed by atoms with Gasteiger partial charge in [-0.25, -0.2) is 4.98 Å². The van der Waals surface area contributed by atoms with E-state index in [9.17, 15) is 4.79 Å². The van der Waals surface area contributed by atoms with Crippen molar-refractivity contribution in [3.05, 3.63) is 83.5 Å². The number of hydrogen-bond acceptors (Lipinski definition) is 3. The van der Waals surface area contributed by atoms with Crippen LogP contribution in [0.25, 0.3) is 33.4 Å². The summed E-state index contributed by atoms with van der Waals surface area (Å²) in [5, 5.41) is 7.84. The van der Waals surface area contributed by atoms with Gasteiger partial charge < -0.3 is 15.6 Å². The molecule has 0 radical (unpaired) electrons. The van der Waals surface area contributed by atoms with Crippen molar-refractivity contribution in [1.82, 2.24) is 15.3 Å². The van der Waals surface area contributed by atoms with Gasteiger partial charge in [-0.1, -0.05) is 54.6 Å². The molecule has 0 unspecified atom stereocenters. The molecule has 0 bridgehead atoms. The number of halogens is 1. The topological polar surface area (TPSA) is 69.8 Å². The van der Waals surface area contributed by atoms with E-state index in [-0.39, 0.29) is 5.91 Å². The molecule has 0 aliphatic carbocycles. The molecule has 172 valence electrons. The van der Waals surface area contributed by atoms with E-state index < -0.39 is 0 Å². The zero-order valence-electron chi connectivity index (χ0n) is 19.1. The Morgan fingerprint density at radius 1 is 1.12 bits per heavy atom. The van der Waals surface area contributed by atoms with Crippen LogP contribution in [0.15, 0.2) is 67.4 Å². The number of piperidine rings is 1. The number of hydrogen-bond donors (Lipinski definition) is 3. The number of amides is 1. The molecule has 0 saturated carbocycles. The second-order valence-electron chi connectivity index (χ2n) is 8.76. The van der Waals surface area contributed by atoms with Crippen molar-refractivity contribution in [2.24, 2.45) is 0 Å². The normalized spacial score (nSPS) is 14.3. The predicted octanol–water partition coefficient (Wildman–Crippen LogP) is 6.45. The molecule has 0 atom stereocenters. The first-order valence-corrected chi connectivity index (χ1v) is 11.9. The number of H-pyrrole nitrogens is 1. The van der Waals surface area contributed by atoms with Crippen molar-refractivity contribution in [3.8, 4) is 22.4 Å². The molecule has 1 saturated heterocycles. The van der Waals surface area contributed by atoms with Gasteiger partial charge >= 0.3 is 0 Å². The number of rotatable bonds is 5. The number of carbonyl (C=O) groups is 1. The Hall–Kier alpha value is -3.41. The summed E-state index contributed by atoms with van der Waals surface area (Å²) in [6, 6.07) is 16.7. The van der Waals surface area contributed by atoms with Gasteiger partial charge in [0.2, 0.25) is 5.91 Å². The van der Waals surface area contributed by atoms with Crippen LogP contribution in [0, 0.1) is 6.92 Å². The van der Waals surface area contributed by atoms with Gasteiger partial charge in [0.25, 0.3) is 0 Å². The van der Waals surface area contributed by atoms with Crippen LogP contribution in [0.1, 0.15) is 29.9 Å². The average Bonchev–Trinajstić information content (AvgIpc) is 3.27. The number of nitrogens with one attached hydrogen (secondary N) is 3. The number of aromatic amines is 1. The first-order chi connectivity index (χ1) is 16.5. The number of aromatic nitrogens is 2.